The second kappa shape index (κ2) is 4.54. The predicted octanol–water partition coefficient (Wildman–Crippen LogP) is 1.41. The average molecular weight is 230 g/mol. The maximum atomic E-state index is 4.06. The summed E-state index contributed by atoms with van der Waals surface area (Å²) in [6.07, 6.45) is 3.63. The molecule has 0 aromatic carbocycles. The van der Waals surface area contributed by atoms with E-state index in [4.69, 9.17) is 0 Å². The minimum absolute atomic E-state index is 0.805. The highest BCUT2D eigenvalue weighted by Gasteiger charge is 1.94. The summed E-state index contributed by atoms with van der Waals surface area (Å²) in [4.78, 5) is 4.06. The molecule has 0 fully saturated rings. The monoisotopic (exact) mass is 229 g/mol. The Morgan fingerprint density at radius 3 is 2.83 bits per heavy atom. The predicted molar refractivity (Wildman–Crippen MR) is 52.5 cm³/mol. The Morgan fingerprint density at radius 2 is 2.25 bits per heavy atom. The van der Waals surface area contributed by atoms with Crippen molar-refractivity contribution in [3.63, 3.8) is 0 Å². The maximum absolute atomic E-state index is 4.06. The van der Waals surface area contributed by atoms with E-state index in [1.54, 1.807) is 6.20 Å². The second-order valence-corrected chi connectivity index (χ2v) is 3.66. The van der Waals surface area contributed by atoms with Gasteiger partial charge in [0, 0.05) is 37.5 Å². The van der Waals surface area contributed by atoms with Crippen LogP contribution >= 0.6 is 15.9 Å². The lowest BCUT2D eigenvalue weighted by molar-refractivity contribution is 0.286. The van der Waals surface area contributed by atoms with E-state index in [1.165, 1.54) is 0 Å². The van der Waals surface area contributed by atoms with Crippen LogP contribution in [0.3, 0.4) is 0 Å². The zero-order chi connectivity index (χ0) is 8.97. The molecule has 0 saturated heterocycles. The lowest BCUT2D eigenvalue weighted by atomic mass is 10.3. The van der Waals surface area contributed by atoms with Gasteiger partial charge < -0.3 is 0 Å². The Morgan fingerprint density at radius 1 is 1.50 bits per heavy atom. The number of pyridine rings is 1. The van der Waals surface area contributed by atoms with Gasteiger partial charge in [-0.1, -0.05) is 0 Å². The lowest BCUT2D eigenvalue weighted by Gasteiger charge is -2.11. The van der Waals surface area contributed by atoms with Crippen LogP contribution in [0.5, 0.6) is 0 Å². The third-order valence-electron chi connectivity index (χ3n) is 1.36. The van der Waals surface area contributed by atoms with Crippen LogP contribution in [0.4, 0.5) is 0 Å². The number of aromatic nitrogens is 1. The van der Waals surface area contributed by atoms with Crippen molar-refractivity contribution in [1.82, 2.24) is 15.4 Å². The first-order chi connectivity index (χ1) is 5.68. The Bertz CT molecular complexity index is 250. The minimum Gasteiger partial charge on any atom is -0.263 e. The van der Waals surface area contributed by atoms with Gasteiger partial charge in [0.15, 0.2) is 0 Å². The van der Waals surface area contributed by atoms with Crippen molar-refractivity contribution in [1.29, 1.82) is 0 Å². The van der Waals surface area contributed by atoms with Crippen molar-refractivity contribution >= 4 is 15.9 Å². The van der Waals surface area contributed by atoms with Gasteiger partial charge in [-0.05, 0) is 27.6 Å². The molecular weight excluding hydrogens is 218 g/mol. The first kappa shape index (κ1) is 9.64. The van der Waals surface area contributed by atoms with Gasteiger partial charge in [0.05, 0.1) is 0 Å². The molecule has 1 aromatic rings. The molecule has 0 atom stereocenters. The zero-order valence-electron chi connectivity index (χ0n) is 7.21. The quantitative estimate of drug-likeness (QED) is 0.796. The maximum Gasteiger partial charge on any atom is 0.0410 e. The van der Waals surface area contributed by atoms with Crippen LogP contribution in [0.25, 0.3) is 0 Å². The molecule has 0 aliphatic heterocycles. The van der Waals surface area contributed by atoms with Gasteiger partial charge in [-0.15, -0.1) is 0 Å². The Balaban J connectivity index is 2.52. The second-order valence-electron chi connectivity index (χ2n) is 2.74. The molecule has 0 unspecified atom stereocenters. The van der Waals surface area contributed by atoms with Crippen LogP contribution < -0.4 is 5.43 Å². The fraction of sp³-hybridized carbons (Fsp3) is 0.375. The van der Waals surface area contributed by atoms with Crippen molar-refractivity contribution in [2.75, 3.05) is 14.1 Å². The Labute approximate surface area is 80.9 Å². The average Bonchev–Trinajstić information content (AvgIpc) is 2.01. The fourth-order valence-electron chi connectivity index (χ4n) is 0.802. The van der Waals surface area contributed by atoms with E-state index in [0.717, 1.165) is 16.6 Å². The number of hydrogen-bond acceptors (Lipinski definition) is 3. The number of hydrazine groups is 1. The molecule has 0 radical (unpaired) electrons. The highest BCUT2D eigenvalue weighted by Crippen LogP contribution is 2.08. The first-order valence-corrected chi connectivity index (χ1v) is 4.48. The minimum atomic E-state index is 0.805. The zero-order valence-corrected chi connectivity index (χ0v) is 8.80. The third-order valence-corrected chi connectivity index (χ3v) is 1.79. The van der Waals surface area contributed by atoms with E-state index in [0.29, 0.717) is 0 Å². The summed E-state index contributed by atoms with van der Waals surface area (Å²) in [6.45, 7) is 0.805. The van der Waals surface area contributed by atoms with Crippen molar-refractivity contribution in [2.24, 2.45) is 0 Å². The highest BCUT2D eigenvalue weighted by atomic mass is 79.9. The Kier molecular flexibility index (Phi) is 3.65. The van der Waals surface area contributed by atoms with Gasteiger partial charge in [-0.3, -0.25) is 15.4 Å². The van der Waals surface area contributed by atoms with E-state index in [1.807, 2.05) is 31.4 Å². The van der Waals surface area contributed by atoms with Crippen LogP contribution in [-0.2, 0) is 6.54 Å². The normalized spacial score (nSPS) is 10.7. The molecule has 4 heteroatoms. The first-order valence-electron chi connectivity index (χ1n) is 3.69. The molecule has 0 bridgehead atoms. The Hall–Kier alpha value is -0.450. The van der Waals surface area contributed by atoms with Gasteiger partial charge in [0.2, 0.25) is 0 Å². The van der Waals surface area contributed by atoms with E-state index in [-0.39, 0.29) is 0 Å². The number of nitrogens with one attached hydrogen (secondary N) is 1. The van der Waals surface area contributed by atoms with Crippen LogP contribution in [0.15, 0.2) is 22.9 Å². The van der Waals surface area contributed by atoms with Crippen LogP contribution in [0.1, 0.15) is 5.56 Å². The summed E-state index contributed by atoms with van der Waals surface area (Å²) in [5.41, 5.74) is 4.33. The van der Waals surface area contributed by atoms with Crippen molar-refractivity contribution in [2.45, 2.75) is 6.54 Å². The van der Waals surface area contributed by atoms with E-state index >= 15 is 0 Å². The number of rotatable bonds is 3. The van der Waals surface area contributed by atoms with Gasteiger partial charge in [-0.2, -0.15) is 0 Å². The molecule has 12 heavy (non-hydrogen) atoms. The molecule has 0 aliphatic rings. The third kappa shape index (κ3) is 3.30. The molecule has 1 heterocycles. The number of nitrogens with zero attached hydrogens (tertiary/aromatic N) is 2. The van der Waals surface area contributed by atoms with Crippen LogP contribution in [0, 0.1) is 0 Å². The molecule has 1 N–H and O–H groups in total. The van der Waals surface area contributed by atoms with E-state index in [2.05, 4.69) is 26.3 Å². The largest absolute Gasteiger partial charge is 0.263 e. The molecule has 3 nitrogen and oxygen atoms in total. The highest BCUT2D eigenvalue weighted by molar-refractivity contribution is 9.10. The molecule has 0 aliphatic carbocycles. The summed E-state index contributed by atoms with van der Waals surface area (Å²) in [7, 11) is 3.93. The van der Waals surface area contributed by atoms with Crippen molar-refractivity contribution < 1.29 is 0 Å². The lowest BCUT2D eigenvalue weighted by Crippen LogP contribution is -2.29. The summed E-state index contributed by atoms with van der Waals surface area (Å²) in [5, 5.41) is 1.92. The van der Waals surface area contributed by atoms with E-state index in [9.17, 15) is 0 Å². The van der Waals surface area contributed by atoms with E-state index < -0.39 is 0 Å². The van der Waals surface area contributed by atoms with Gasteiger partial charge >= 0.3 is 0 Å². The number of halogens is 1. The van der Waals surface area contributed by atoms with Gasteiger partial charge in [0.25, 0.3) is 0 Å². The molecule has 0 amide bonds. The standard InChI is InChI=1S/C8H12BrN3/c1-12(2)11-5-7-3-8(9)6-10-4-7/h3-4,6,11H,5H2,1-2H3. The summed E-state index contributed by atoms with van der Waals surface area (Å²) >= 11 is 3.37. The molecule has 1 aromatic heterocycles. The smallest absolute Gasteiger partial charge is 0.0410 e. The van der Waals surface area contributed by atoms with Crippen molar-refractivity contribution in [3.05, 3.63) is 28.5 Å². The van der Waals surface area contributed by atoms with Crippen molar-refractivity contribution in [3.8, 4) is 0 Å². The van der Waals surface area contributed by atoms with Gasteiger partial charge in [-0.25, -0.2) is 0 Å². The topological polar surface area (TPSA) is 28.2 Å². The number of hydrogen-bond donors (Lipinski definition) is 1. The molecule has 0 saturated carbocycles. The molecule has 0 spiro atoms. The molecule has 1 rings (SSSR count). The van der Waals surface area contributed by atoms with Crippen LogP contribution in [0.2, 0.25) is 0 Å². The molecule has 66 valence electrons. The van der Waals surface area contributed by atoms with Gasteiger partial charge in [0.1, 0.15) is 0 Å². The summed E-state index contributed by atoms with van der Waals surface area (Å²) in [5.74, 6) is 0. The SMILES string of the molecule is CN(C)NCc1cncc(Br)c1. The van der Waals surface area contributed by atoms with Crippen LogP contribution in [-0.4, -0.2) is 24.1 Å². The summed E-state index contributed by atoms with van der Waals surface area (Å²) in [6, 6.07) is 2.05. The molecular formula is C8H12BrN3. The fourth-order valence-corrected chi connectivity index (χ4v) is 1.21. The summed E-state index contributed by atoms with van der Waals surface area (Å²) < 4.78 is 1.01.